The number of thioether (sulfide) groups is 1. The van der Waals surface area contributed by atoms with Crippen molar-refractivity contribution in [3.05, 3.63) is 0 Å². The summed E-state index contributed by atoms with van der Waals surface area (Å²) in [5, 5.41) is 11.7. The molecule has 0 aromatic heterocycles. The van der Waals surface area contributed by atoms with Crippen LogP contribution in [0.15, 0.2) is 0 Å². The van der Waals surface area contributed by atoms with Gasteiger partial charge in [0.05, 0.1) is 29.9 Å². The molecule has 0 radical (unpaired) electrons. The molecule has 0 spiro atoms. The minimum Gasteiger partial charge on any atom is -0.394 e. The lowest BCUT2D eigenvalue weighted by molar-refractivity contribution is -0.119. The highest BCUT2D eigenvalue weighted by molar-refractivity contribution is 8.02. The van der Waals surface area contributed by atoms with Crippen LogP contribution < -0.4 is 5.32 Å². The van der Waals surface area contributed by atoms with Crippen molar-refractivity contribution >= 4 is 27.5 Å². The van der Waals surface area contributed by atoms with E-state index in [2.05, 4.69) is 5.32 Å². The minimum absolute atomic E-state index is 0.0416. The molecule has 1 fully saturated rings. The number of amides is 1. The SMILES string of the molecule is CC[C@@H](CO)NC(=O)CSC1CCS(=O)(=O)C1. The summed E-state index contributed by atoms with van der Waals surface area (Å²) in [6.07, 6.45) is 1.32. The molecule has 5 nitrogen and oxygen atoms in total. The number of aliphatic hydroxyl groups is 1. The third-order valence-electron chi connectivity index (χ3n) is 2.72. The molecule has 0 aliphatic carbocycles. The summed E-state index contributed by atoms with van der Waals surface area (Å²) in [5.41, 5.74) is 0. The van der Waals surface area contributed by atoms with Crippen molar-refractivity contribution in [3.8, 4) is 0 Å². The second-order valence-corrected chi connectivity index (χ2v) is 7.71. The van der Waals surface area contributed by atoms with Crippen LogP contribution in [0, 0.1) is 0 Å². The van der Waals surface area contributed by atoms with E-state index >= 15 is 0 Å². The average Bonchev–Trinajstić information content (AvgIpc) is 2.63. The van der Waals surface area contributed by atoms with Gasteiger partial charge in [-0.05, 0) is 12.8 Å². The summed E-state index contributed by atoms with van der Waals surface area (Å²) in [7, 11) is -2.87. The van der Waals surface area contributed by atoms with E-state index in [1.165, 1.54) is 11.8 Å². The second-order valence-electron chi connectivity index (χ2n) is 4.19. The van der Waals surface area contributed by atoms with E-state index in [4.69, 9.17) is 5.11 Å². The molecule has 1 amide bonds. The third-order valence-corrected chi connectivity index (χ3v) is 6.00. The maximum atomic E-state index is 11.5. The molecule has 100 valence electrons. The maximum absolute atomic E-state index is 11.5. The Morgan fingerprint density at radius 1 is 1.59 bits per heavy atom. The fourth-order valence-corrected chi connectivity index (χ4v) is 5.09. The first kappa shape index (κ1) is 14.8. The van der Waals surface area contributed by atoms with Crippen molar-refractivity contribution in [2.45, 2.75) is 31.1 Å². The van der Waals surface area contributed by atoms with Gasteiger partial charge in [0.2, 0.25) is 5.91 Å². The largest absolute Gasteiger partial charge is 0.394 e. The molecule has 0 bridgehead atoms. The predicted octanol–water partition coefficient (Wildman–Crippen LogP) is -0.206. The topological polar surface area (TPSA) is 83.5 Å². The van der Waals surface area contributed by atoms with Gasteiger partial charge in [-0.15, -0.1) is 11.8 Å². The summed E-state index contributed by atoms with van der Waals surface area (Å²) in [6, 6.07) is -0.199. The van der Waals surface area contributed by atoms with Gasteiger partial charge in [0, 0.05) is 5.25 Å². The third kappa shape index (κ3) is 5.27. The molecule has 1 aliphatic heterocycles. The van der Waals surface area contributed by atoms with Crippen LogP contribution in [0.1, 0.15) is 19.8 Å². The van der Waals surface area contributed by atoms with Gasteiger partial charge in [0.1, 0.15) is 0 Å². The Hall–Kier alpha value is -0.270. The van der Waals surface area contributed by atoms with Crippen LogP contribution in [-0.4, -0.2) is 54.6 Å². The Morgan fingerprint density at radius 2 is 2.29 bits per heavy atom. The maximum Gasteiger partial charge on any atom is 0.230 e. The van der Waals surface area contributed by atoms with E-state index in [9.17, 15) is 13.2 Å². The number of carbonyl (C=O) groups excluding carboxylic acids is 1. The van der Waals surface area contributed by atoms with Gasteiger partial charge in [-0.1, -0.05) is 6.92 Å². The Morgan fingerprint density at radius 3 is 2.76 bits per heavy atom. The van der Waals surface area contributed by atoms with E-state index < -0.39 is 9.84 Å². The Balaban J connectivity index is 2.25. The lowest BCUT2D eigenvalue weighted by Gasteiger charge is -2.14. The standard InChI is InChI=1S/C10H19NO4S2/c1-2-8(5-12)11-10(13)6-16-9-3-4-17(14,15)7-9/h8-9,12H,2-7H2,1H3,(H,11,13)/t8-,9?/m0/s1. The highest BCUT2D eigenvalue weighted by atomic mass is 32.2. The zero-order valence-corrected chi connectivity index (χ0v) is 11.5. The van der Waals surface area contributed by atoms with E-state index in [0.29, 0.717) is 12.8 Å². The first-order valence-electron chi connectivity index (χ1n) is 5.69. The quantitative estimate of drug-likeness (QED) is 0.704. The molecule has 1 saturated heterocycles. The second kappa shape index (κ2) is 6.61. The van der Waals surface area contributed by atoms with E-state index in [-0.39, 0.29) is 41.1 Å². The molecule has 2 N–H and O–H groups in total. The van der Waals surface area contributed by atoms with E-state index in [1.54, 1.807) is 0 Å². The van der Waals surface area contributed by atoms with Gasteiger partial charge in [0.15, 0.2) is 9.84 Å². The number of rotatable bonds is 6. The molecule has 1 aliphatic rings. The molecule has 2 atom stereocenters. The summed E-state index contributed by atoms with van der Waals surface area (Å²) < 4.78 is 22.4. The number of aliphatic hydroxyl groups excluding tert-OH is 1. The van der Waals surface area contributed by atoms with Crippen molar-refractivity contribution in [3.63, 3.8) is 0 Å². The Kier molecular flexibility index (Phi) is 5.75. The first-order chi connectivity index (χ1) is 7.96. The zero-order chi connectivity index (χ0) is 12.9. The molecule has 0 aromatic carbocycles. The number of hydrogen-bond donors (Lipinski definition) is 2. The van der Waals surface area contributed by atoms with Gasteiger partial charge in [-0.2, -0.15) is 0 Å². The molecule has 17 heavy (non-hydrogen) atoms. The monoisotopic (exact) mass is 281 g/mol. The van der Waals surface area contributed by atoms with Crippen LogP contribution in [0.5, 0.6) is 0 Å². The van der Waals surface area contributed by atoms with Crippen molar-refractivity contribution in [2.75, 3.05) is 23.9 Å². The molecule has 0 saturated carbocycles. The Labute approximate surface area is 106 Å². The van der Waals surface area contributed by atoms with Crippen molar-refractivity contribution < 1.29 is 18.3 Å². The van der Waals surface area contributed by atoms with Crippen LogP contribution in [0.2, 0.25) is 0 Å². The number of sulfone groups is 1. The molecular formula is C10H19NO4S2. The fraction of sp³-hybridized carbons (Fsp3) is 0.900. The Bertz CT molecular complexity index is 351. The van der Waals surface area contributed by atoms with Crippen LogP contribution in [0.3, 0.4) is 0 Å². The first-order valence-corrected chi connectivity index (χ1v) is 8.56. The van der Waals surface area contributed by atoms with Gasteiger partial charge >= 0.3 is 0 Å². The normalized spacial score (nSPS) is 24.5. The molecule has 1 rings (SSSR count). The zero-order valence-electron chi connectivity index (χ0n) is 9.89. The van der Waals surface area contributed by atoms with Crippen LogP contribution in [-0.2, 0) is 14.6 Å². The number of carbonyl (C=O) groups is 1. The predicted molar refractivity (Wildman–Crippen MR) is 68.8 cm³/mol. The van der Waals surface area contributed by atoms with Crippen molar-refractivity contribution in [1.82, 2.24) is 5.32 Å². The summed E-state index contributed by atoms with van der Waals surface area (Å²) in [6.45, 7) is 1.82. The number of hydrogen-bond acceptors (Lipinski definition) is 5. The highest BCUT2D eigenvalue weighted by Gasteiger charge is 2.28. The molecule has 0 aromatic rings. The smallest absolute Gasteiger partial charge is 0.230 e. The summed E-state index contributed by atoms with van der Waals surface area (Å²) in [4.78, 5) is 11.5. The highest BCUT2D eigenvalue weighted by Crippen LogP contribution is 2.23. The fourth-order valence-electron chi connectivity index (χ4n) is 1.63. The summed E-state index contributed by atoms with van der Waals surface area (Å²) in [5.74, 6) is 0.541. The van der Waals surface area contributed by atoms with Gasteiger partial charge in [-0.3, -0.25) is 4.79 Å². The molecular weight excluding hydrogens is 262 g/mol. The molecule has 1 unspecified atom stereocenters. The van der Waals surface area contributed by atoms with Gasteiger partial charge in [0.25, 0.3) is 0 Å². The lowest BCUT2D eigenvalue weighted by atomic mass is 10.2. The average molecular weight is 281 g/mol. The molecule has 1 heterocycles. The summed E-state index contributed by atoms with van der Waals surface area (Å²) >= 11 is 1.38. The van der Waals surface area contributed by atoms with E-state index in [0.717, 1.165) is 0 Å². The van der Waals surface area contributed by atoms with Crippen molar-refractivity contribution in [1.29, 1.82) is 0 Å². The minimum atomic E-state index is -2.87. The van der Waals surface area contributed by atoms with Crippen LogP contribution in [0.25, 0.3) is 0 Å². The van der Waals surface area contributed by atoms with Crippen LogP contribution in [0.4, 0.5) is 0 Å². The molecule has 7 heteroatoms. The lowest BCUT2D eigenvalue weighted by Crippen LogP contribution is -2.38. The van der Waals surface area contributed by atoms with Gasteiger partial charge < -0.3 is 10.4 Å². The van der Waals surface area contributed by atoms with Crippen molar-refractivity contribution in [2.24, 2.45) is 0 Å². The van der Waals surface area contributed by atoms with E-state index in [1.807, 2.05) is 6.92 Å². The number of nitrogens with one attached hydrogen (secondary N) is 1. The van der Waals surface area contributed by atoms with Crippen LogP contribution >= 0.6 is 11.8 Å². The van der Waals surface area contributed by atoms with Gasteiger partial charge in [-0.25, -0.2) is 8.42 Å².